The van der Waals surface area contributed by atoms with Gasteiger partial charge in [-0.25, -0.2) is 0 Å². The van der Waals surface area contributed by atoms with Crippen molar-refractivity contribution in [2.24, 2.45) is 0 Å². The van der Waals surface area contributed by atoms with Gasteiger partial charge in [-0.15, -0.1) is 10.2 Å². The number of nitrogens with zero attached hydrogens (tertiary/aromatic N) is 4. The zero-order chi connectivity index (χ0) is 21.8. The fraction of sp³-hybridized carbons (Fsp3) is 0.292. The Kier molecular flexibility index (Phi) is 6.37. The Morgan fingerprint density at radius 3 is 2.39 bits per heavy atom. The summed E-state index contributed by atoms with van der Waals surface area (Å²) in [6, 6.07) is 19.4. The Hall–Kier alpha value is -3.12. The molecule has 3 aromatic rings. The maximum Gasteiger partial charge on any atom is 0.263 e. The van der Waals surface area contributed by atoms with E-state index in [1.807, 2.05) is 60.4 Å². The van der Waals surface area contributed by atoms with Gasteiger partial charge in [-0.2, -0.15) is 0 Å². The molecule has 6 nitrogen and oxygen atoms in total. The minimum absolute atomic E-state index is 0.0160. The summed E-state index contributed by atoms with van der Waals surface area (Å²) in [5.74, 6) is 1.46. The van der Waals surface area contributed by atoms with Gasteiger partial charge in [-0.3, -0.25) is 4.79 Å². The lowest BCUT2D eigenvalue weighted by Crippen LogP contribution is -2.52. The largest absolute Gasteiger partial charge is 0.481 e. The van der Waals surface area contributed by atoms with Crippen molar-refractivity contribution >= 4 is 23.3 Å². The van der Waals surface area contributed by atoms with Crippen LogP contribution in [0.2, 0.25) is 5.02 Å². The molecule has 0 spiro atoms. The third-order valence-electron chi connectivity index (χ3n) is 5.43. The molecule has 0 radical (unpaired) electrons. The Bertz CT molecular complexity index is 1040. The van der Waals surface area contributed by atoms with E-state index in [1.54, 1.807) is 19.1 Å². The highest BCUT2D eigenvalue weighted by Crippen LogP contribution is 2.23. The van der Waals surface area contributed by atoms with Crippen LogP contribution in [0.3, 0.4) is 0 Å². The number of anilines is 1. The van der Waals surface area contributed by atoms with Gasteiger partial charge in [-0.1, -0.05) is 41.9 Å². The van der Waals surface area contributed by atoms with E-state index in [0.717, 1.165) is 22.6 Å². The van der Waals surface area contributed by atoms with E-state index in [1.165, 1.54) is 0 Å². The summed E-state index contributed by atoms with van der Waals surface area (Å²) in [7, 11) is 0. The summed E-state index contributed by atoms with van der Waals surface area (Å²) in [5, 5.41) is 9.44. The first-order valence-corrected chi connectivity index (χ1v) is 10.7. The first kappa shape index (κ1) is 21.1. The molecule has 7 heteroatoms. The van der Waals surface area contributed by atoms with Gasteiger partial charge in [-0.05, 0) is 49.7 Å². The quantitative estimate of drug-likeness (QED) is 0.599. The molecule has 0 N–H and O–H groups in total. The molecule has 31 heavy (non-hydrogen) atoms. The molecule has 0 aliphatic carbocycles. The van der Waals surface area contributed by atoms with Gasteiger partial charge in [0.15, 0.2) is 11.9 Å². The highest BCUT2D eigenvalue weighted by molar-refractivity contribution is 6.31. The highest BCUT2D eigenvalue weighted by Gasteiger charge is 2.26. The number of piperazine rings is 1. The Balaban J connectivity index is 1.32. The second kappa shape index (κ2) is 9.35. The summed E-state index contributed by atoms with van der Waals surface area (Å²) in [6.45, 7) is 6.35. The predicted molar refractivity (Wildman–Crippen MR) is 123 cm³/mol. The molecule has 1 aliphatic rings. The van der Waals surface area contributed by atoms with Crippen molar-refractivity contribution in [3.05, 3.63) is 71.2 Å². The Morgan fingerprint density at radius 2 is 1.74 bits per heavy atom. The Morgan fingerprint density at radius 1 is 1.00 bits per heavy atom. The van der Waals surface area contributed by atoms with E-state index in [9.17, 15) is 4.79 Å². The molecule has 2 aromatic carbocycles. The summed E-state index contributed by atoms with van der Waals surface area (Å²) >= 11 is 6.06. The molecule has 160 valence electrons. The average molecular weight is 437 g/mol. The van der Waals surface area contributed by atoms with Crippen LogP contribution in [0, 0.1) is 6.92 Å². The summed E-state index contributed by atoms with van der Waals surface area (Å²) < 4.78 is 5.85. The van der Waals surface area contributed by atoms with Crippen molar-refractivity contribution in [2.45, 2.75) is 20.0 Å². The SMILES string of the molecule is Cc1cc(OC(C)C(=O)N2CCN(c3ccc(-c4ccccc4)nn3)CC2)ccc1Cl. The molecular formula is C24H25ClN4O2. The zero-order valence-corrected chi connectivity index (χ0v) is 18.4. The van der Waals surface area contributed by atoms with Crippen LogP contribution >= 0.6 is 11.6 Å². The molecule has 0 saturated carbocycles. The van der Waals surface area contributed by atoms with E-state index in [-0.39, 0.29) is 5.91 Å². The number of carbonyl (C=O) groups is 1. The van der Waals surface area contributed by atoms with Crippen LogP contribution < -0.4 is 9.64 Å². The number of amides is 1. The maximum absolute atomic E-state index is 12.8. The minimum atomic E-state index is -0.558. The van der Waals surface area contributed by atoms with Crippen molar-refractivity contribution in [3.8, 4) is 17.0 Å². The molecule has 1 amide bonds. The van der Waals surface area contributed by atoms with Crippen LogP contribution in [0.25, 0.3) is 11.3 Å². The average Bonchev–Trinajstić information content (AvgIpc) is 2.82. The maximum atomic E-state index is 12.8. The van der Waals surface area contributed by atoms with E-state index >= 15 is 0 Å². The highest BCUT2D eigenvalue weighted by atomic mass is 35.5. The van der Waals surface area contributed by atoms with Gasteiger partial charge < -0.3 is 14.5 Å². The van der Waals surface area contributed by atoms with Gasteiger partial charge in [0, 0.05) is 36.8 Å². The van der Waals surface area contributed by atoms with Crippen molar-refractivity contribution in [1.29, 1.82) is 0 Å². The fourth-order valence-corrected chi connectivity index (χ4v) is 3.73. The summed E-state index contributed by atoms with van der Waals surface area (Å²) in [4.78, 5) is 16.8. The van der Waals surface area contributed by atoms with E-state index in [2.05, 4.69) is 15.1 Å². The van der Waals surface area contributed by atoms with Crippen LogP contribution in [-0.4, -0.2) is 53.3 Å². The van der Waals surface area contributed by atoms with Crippen molar-refractivity contribution < 1.29 is 9.53 Å². The van der Waals surface area contributed by atoms with Crippen LogP contribution in [0.4, 0.5) is 5.82 Å². The van der Waals surface area contributed by atoms with Crippen LogP contribution in [-0.2, 0) is 4.79 Å². The number of benzene rings is 2. The van der Waals surface area contributed by atoms with Crippen molar-refractivity contribution in [3.63, 3.8) is 0 Å². The standard InChI is InChI=1S/C24H25ClN4O2/c1-17-16-20(8-9-21(17)25)31-18(2)24(30)29-14-12-28(13-15-29)23-11-10-22(26-27-23)19-6-4-3-5-7-19/h3-11,16,18H,12-15H2,1-2H3. The number of hydrogen-bond donors (Lipinski definition) is 0. The van der Waals surface area contributed by atoms with Gasteiger partial charge in [0.2, 0.25) is 0 Å². The van der Waals surface area contributed by atoms with Crippen molar-refractivity contribution in [1.82, 2.24) is 15.1 Å². The first-order valence-electron chi connectivity index (χ1n) is 10.4. The number of halogens is 1. The molecule has 1 unspecified atom stereocenters. The first-order chi connectivity index (χ1) is 15.0. The zero-order valence-electron chi connectivity index (χ0n) is 17.7. The number of hydrogen-bond acceptors (Lipinski definition) is 5. The second-order valence-electron chi connectivity index (χ2n) is 7.63. The molecule has 1 aromatic heterocycles. The topological polar surface area (TPSA) is 58.6 Å². The molecule has 1 saturated heterocycles. The van der Waals surface area contributed by atoms with Crippen LogP contribution in [0.15, 0.2) is 60.7 Å². The van der Waals surface area contributed by atoms with E-state index < -0.39 is 6.10 Å². The predicted octanol–water partition coefficient (Wildman–Crippen LogP) is 4.22. The molecule has 1 fully saturated rings. The molecule has 2 heterocycles. The molecule has 1 atom stereocenters. The van der Waals surface area contributed by atoms with Gasteiger partial charge >= 0.3 is 0 Å². The van der Waals surface area contributed by atoms with Crippen LogP contribution in [0.1, 0.15) is 12.5 Å². The lowest BCUT2D eigenvalue weighted by atomic mass is 10.1. The van der Waals surface area contributed by atoms with E-state index in [0.29, 0.717) is 37.0 Å². The number of aromatic nitrogens is 2. The molecular weight excluding hydrogens is 412 g/mol. The normalized spacial score (nSPS) is 14.9. The summed E-state index contributed by atoms with van der Waals surface area (Å²) in [5.41, 5.74) is 2.82. The Labute approximate surface area is 187 Å². The number of carbonyl (C=O) groups excluding carboxylic acids is 1. The summed E-state index contributed by atoms with van der Waals surface area (Å²) in [6.07, 6.45) is -0.558. The number of rotatable bonds is 5. The molecule has 0 bridgehead atoms. The lowest BCUT2D eigenvalue weighted by molar-refractivity contribution is -0.138. The molecule has 4 rings (SSSR count). The molecule has 1 aliphatic heterocycles. The number of aryl methyl sites for hydroxylation is 1. The van der Waals surface area contributed by atoms with Crippen molar-refractivity contribution in [2.75, 3.05) is 31.1 Å². The smallest absolute Gasteiger partial charge is 0.263 e. The second-order valence-corrected chi connectivity index (χ2v) is 8.03. The monoisotopic (exact) mass is 436 g/mol. The van der Waals surface area contributed by atoms with Crippen LogP contribution in [0.5, 0.6) is 5.75 Å². The van der Waals surface area contributed by atoms with Gasteiger partial charge in [0.05, 0.1) is 5.69 Å². The lowest BCUT2D eigenvalue weighted by Gasteiger charge is -2.36. The third-order valence-corrected chi connectivity index (χ3v) is 5.85. The van der Waals surface area contributed by atoms with E-state index in [4.69, 9.17) is 16.3 Å². The van der Waals surface area contributed by atoms with Gasteiger partial charge in [0.1, 0.15) is 5.75 Å². The fourth-order valence-electron chi connectivity index (χ4n) is 3.61. The third kappa shape index (κ3) is 4.97. The number of ether oxygens (including phenoxy) is 1. The minimum Gasteiger partial charge on any atom is -0.481 e. The van der Waals surface area contributed by atoms with Gasteiger partial charge in [0.25, 0.3) is 5.91 Å².